The SMILES string of the molecule is CCS1(CC)C(=O)SC(C(=O)O)=C1C(=O)O. The summed E-state index contributed by atoms with van der Waals surface area (Å²) in [7, 11) is -2.13. The highest BCUT2D eigenvalue weighted by molar-refractivity contribution is 8.62. The summed E-state index contributed by atoms with van der Waals surface area (Å²) in [6, 6.07) is 0. The summed E-state index contributed by atoms with van der Waals surface area (Å²) in [5.74, 6) is -1.84. The van der Waals surface area contributed by atoms with Crippen LogP contribution in [0.1, 0.15) is 13.8 Å². The molecule has 0 aliphatic carbocycles. The van der Waals surface area contributed by atoms with Crippen LogP contribution in [0.25, 0.3) is 0 Å². The quantitative estimate of drug-likeness (QED) is 0.807. The van der Waals surface area contributed by atoms with E-state index in [2.05, 4.69) is 0 Å². The van der Waals surface area contributed by atoms with E-state index in [0.717, 1.165) is 0 Å². The molecule has 0 spiro atoms. The van der Waals surface area contributed by atoms with Crippen LogP contribution >= 0.6 is 21.8 Å². The van der Waals surface area contributed by atoms with Gasteiger partial charge in [-0.25, -0.2) is 9.59 Å². The van der Waals surface area contributed by atoms with Gasteiger partial charge in [0.05, 0.1) is 0 Å². The Balaban J connectivity index is 3.44. The lowest BCUT2D eigenvalue weighted by Gasteiger charge is -2.31. The maximum atomic E-state index is 11.8. The van der Waals surface area contributed by atoms with Crippen LogP contribution in [0, 0.1) is 0 Å². The molecule has 0 fully saturated rings. The summed E-state index contributed by atoms with van der Waals surface area (Å²) in [5.41, 5.74) is 0. The number of hydrogen-bond acceptors (Lipinski definition) is 4. The molecule has 0 aromatic carbocycles. The van der Waals surface area contributed by atoms with Crippen molar-refractivity contribution in [1.82, 2.24) is 0 Å². The number of carbonyl (C=O) groups is 3. The molecule has 5 nitrogen and oxygen atoms in total. The van der Waals surface area contributed by atoms with Gasteiger partial charge in [-0.05, 0) is 23.3 Å². The third kappa shape index (κ3) is 1.73. The van der Waals surface area contributed by atoms with Gasteiger partial charge < -0.3 is 10.2 Å². The third-order valence-electron chi connectivity index (χ3n) is 2.48. The van der Waals surface area contributed by atoms with Gasteiger partial charge in [-0.1, -0.05) is 13.8 Å². The van der Waals surface area contributed by atoms with Crippen LogP contribution in [-0.4, -0.2) is 38.1 Å². The molecule has 0 radical (unpaired) electrons. The number of hydrogen-bond donors (Lipinski definition) is 2. The minimum absolute atomic E-state index is 0.181. The van der Waals surface area contributed by atoms with Crippen LogP contribution in [-0.2, 0) is 9.59 Å². The van der Waals surface area contributed by atoms with E-state index in [1.54, 1.807) is 13.8 Å². The monoisotopic (exact) mass is 264 g/mol. The molecule has 16 heavy (non-hydrogen) atoms. The van der Waals surface area contributed by atoms with Crippen molar-refractivity contribution < 1.29 is 24.6 Å². The second-order valence-corrected chi connectivity index (χ2v) is 8.02. The second kappa shape index (κ2) is 4.50. The summed E-state index contributed by atoms with van der Waals surface area (Å²) < 4.78 is -0.299. The molecule has 0 amide bonds. The highest BCUT2D eigenvalue weighted by atomic mass is 32.3. The van der Waals surface area contributed by atoms with Crippen molar-refractivity contribution in [3.05, 3.63) is 9.81 Å². The molecule has 0 atom stereocenters. The Morgan fingerprint density at radius 3 is 2.00 bits per heavy atom. The molecule has 90 valence electrons. The van der Waals surface area contributed by atoms with Gasteiger partial charge in [-0.3, -0.25) is 4.79 Å². The molecular weight excluding hydrogens is 252 g/mol. The van der Waals surface area contributed by atoms with E-state index in [4.69, 9.17) is 10.2 Å². The van der Waals surface area contributed by atoms with E-state index < -0.39 is 22.0 Å². The van der Waals surface area contributed by atoms with Crippen molar-refractivity contribution in [2.45, 2.75) is 13.8 Å². The predicted molar refractivity (Wildman–Crippen MR) is 64.0 cm³/mol. The van der Waals surface area contributed by atoms with E-state index in [0.29, 0.717) is 23.3 Å². The first-order chi connectivity index (χ1) is 7.40. The van der Waals surface area contributed by atoms with Crippen molar-refractivity contribution in [3.8, 4) is 0 Å². The summed E-state index contributed by atoms with van der Waals surface area (Å²) in [6.45, 7) is 3.45. The van der Waals surface area contributed by atoms with Crippen LogP contribution in [0.3, 0.4) is 0 Å². The van der Waals surface area contributed by atoms with Crippen LogP contribution in [0.15, 0.2) is 9.81 Å². The highest BCUT2D eigenvalue weighted by Crippen LogP contribution is 2.66. The highest BCUT2D eigenvalue weighted by Gasteiger charge is 2.47. The summed E-state index contributed by atoms with van der Waals surface area (Å²) in [4.78, 5) is 33.4. The zero-order valence-electron chi connectivity index (χ0n) is 8.85. The normalized spacial score (nSPS) is 21.0. The number of rotatable bonds is 4. The lowest BCUT2D eigenvalue weighted by Crippen LogP contribution is -2.17. The Hall–Kier alpha value is -0.950. The molecule has 0 bridgehead atoms. The van der Waals surface area contributed by atoms with Gasteiger partial charge in [0.2, 0.25) is 4.45 Å². The molecule has 1 aliphatic rings. The van der Waals surface area contributed by atoms with Crippen molar-refractivity contribution in [2.75, 3.05) is 11.5 Å². The Morgan fingerprint density at radius 2 is 1.69 bits per heavy atom. The van der Waals surface area contributed by atoms with E-state index in [-0.39, 0.29) is 14.3 Å². The maximum Gasteiger partial charge on any atom is 0.344 e. The maximum absolute atomic E-state index is 11.8. The van der Waals surface area contributed by atoms with Crippen molar-refractivity contribution in [1.29, 1.82) is 0 Å². The zero-order valence-corrected chi connectivity index (χ0v) is 10.5. The van der Waals surface area contributed by atoms with Crippen molar-refractivity contribution >= 4 is 38.2 Å². The summed E-state index contributed by atoms with van der Waals surface area (Å²) in [6.07, 6.45) is 0. The lowest BCUT2D eigenvalue weighted by atomic mass is 10.5. The Bertz CT molecular complexity index is 395. The standard InChI is InChI=1S/C9H12O5S2/c1-3-16(4-2)6(8(12)13)5(7(10)11)15-9(16)14/h3-4H2,1-2H3,(H,10,11)(H,12,13). The van der Waals surface area contributed by atoms with E-state index in [9.17, 15) is 14.4 Å². The molecule has 0 saturated heterocycles. The van der Waals surface area contributed by atoms with Gasteiger partial charge >= 0.3 is 11.9 Å². The molecule has 0 unspecified atom stereocenters. The van der Waals surface area contributed by atoms with E-state index in [1.165, 1.54) is 0 Å². The molecule has 1 heterocycles. The molecule has 0 aromatic rings. The third-order valence-corrected chi connectivity index (χ3v) is 8.33. The molecule has 0 saturated carbocycles. The fourth-order valence-corrected chi connectivity index (χ4v) is 6.89. The first-order valence-corrected chi connectivity index (χ1v) is 7.41. The molecule has 0 aromatic heterocycles. The van der Waals surface area contributed by atoms with Crippen molar-refractivity contribution in [2.24, 2.45) is 0 Å². The fraction of sp³-hybridized carbons (Fsp3) is 0.444. The Labute approximate surface area is 98.2 Å². The number of carbonyl (C=O) groups excluding carboxylic acids is 1. The second-order valence-electron chi connectivity index (χ2n) is 3.08. The van der Waals surface area contributed by atoms with E-state index in [1.807, 2.05) is 0 Å². The minimum atomic E-state index is -2.13. The average Bonchev–Trinajstić information content (AvgIpc) is 2.52. The van der Waals surface area contributed by atoms with Gasteiger partial charge in [-0.2, -0.15) is 0 Å². The first-order valence-electron chi connectivity index (χ1n) is 4.62. The van der Waals surface area contributed by atoms with Crippen LogP contribution < -0.4 is 0 Å². The van der Waals surface area contributed by atoms with Crippen LogP contribution in [0.2, 0.25) is 0 Å². The molecule has 2 N–H and O–H groups in total. The summed E-state index contributed by atoms with van der Waals surface area (Å²) in [5, 5.41) is 18.0. The fourth-order valence-electron chi connectivity index (χ4n) is 1.60. The number of carboxylic acids is 2. The van der Waals surface area contributed by atoms with Gasteiger partial charge in [-0.15, -0.1) is 10.0 Å². The molecular formula is C9H12O5S2. The predicted octanol–water partition coefficient (Wildman–Crippen LogP) is 2.08. The Morgan fingerprint density at radius 1 is 1.19 bits per heavy atom. The first kappa shape index (κ1) is 13.1. The van der Waals surface area contributed by atoms with Crippen LogP contribution in [0.5, 0.6) is 0 Å². The topological polar surface area (TPSA) is 91.7 Å². The smallest absolute Gasteiger partial charge is 0.344 e. The molecule has 1 rings (SSSR count). The number of thioether (sulfide) groups is 1. The molecule has 1 aliphatic heterocycles. The van der Waals surface area contributed by atoms with E-state index >= 15 is 0 Å². The minimum Gasteiger partial charge on any atom is -0.477 e. The van der Waals surface area contributed by atoms with Gasteiger partial charge in [0, 0.05) is 0 Å². The van der Waals surface area contributed by atoms with Crippen LogP contribution in [0.4, 0.5) is 4.79 Å². The number of carboxylic acid groups (broad SMARTS) is 2. The van der Waals surface area contributed by atoms with Gasteiger partial charge in [0.15, 0.2) is 0 Å². The van der Waals surface area contributed by atoms with Crippen molar-refractivity contribution in [3.63, 3.8) is 0 Å². The molecule has 7 heteroatoms. The van der Waals surface area contributed by atoms with Gasteiger partial charge in [0.25, 0.3) is 0 Å². The average molecular weight is 264 g/mol. The largest absolute Gasteiger partial charge is 0.477 e. The number of aliphatic carboxylic acids is 2. The lowest BCUT2D eigenvalue weighted by molar-refractivity contribution is -0.134. The Kier molecular flexibility index (Phi) is 3.69. The van der Waals surface area contributed by atoms with Gasteiger partial charge in [0.1, 0.15) is 9.81 Å². The summed E-state index contributed by atoms with van der Waals surface area (Å²) >= 11 is 0.564. The zero-order chi connectivity index (χ0) is 12.5.